The summed E-state index contributed by atoms with van der Waals surface area (Å²) >= 11 is 14.0. The molecule has 3 aromatic carbocycles. The molecule has 6 heteroatoms. The average molecular weight is 538 g/mol. The Bertz CT molecular complexity index is 1270. The quantitative estimate of drug-likeness (QED) is 0.301. The molecule has 0 spiro atoms. The lowest BCUT2D eigenvalue weighted by Gasteiger charge is -2.43. The second kappa shape index (κ2) is 10.3. The van der Waals surface area contributed by atoms with E-state index in [-0.39, 0.29) is 5.91 Å². The van der Waals surface area contributed by atoms with Gasteiger partial charge in [0.05, 0.1) is 6.04 Å². The lowest BCUT2D eigenvalue weighted by molar-refractivity contribution is 0.0956. The number of nitrogens with one attached hydrogen (secondary N) is 2. The van der Waals surface area contributed by atoms with Gasteiger partial charge >= 0.3 is 0 Å². The van der Waals surface area contributed by atoms with Crippen molar-refractivity contribution in [3.63, 3.8) is 0 Å². The number of halogens is 2. The van der Waals surface area contributed by atoms with E-state index in [4.69, 9.17) is 23.2 Å². The molecule has 0 saturated heterocycles. The Morgan fingerprint density at radius 2 is 1.83 bits per heavy atom. The second-order valence-corrected chi connectivity index (χ2v) is 12.3. The summed E-state index contributed by atoms with van der Waals surface area (Å²) < 4.78 is 0. The average Bonchev–Trinajstić information content (AvgIpc) is 3.52. The molecular formula is C30H30Cl2N2OS. The number of thioether (sulfide) groups is 1. The monoisotopic (exact) mass is 536 g/mol. The molecule has 1 heterocycles. The molecule has 5 unspecified atom stereocenters. The van der Waals surface area contributed by atoms with Gasteiger partial charge in [0.25, 0.3) is 5.91 Å². The van der Waals surface area contributed by atoms with Crippen LogP contribution in [-0.4, -0.2) is 18.2 Å². The zero-order chi connectivity index (χ0) is 24.6. The molecule has 2 fully saturated rings. The predicted octanol–water partition coefficient (Wildman–Crippen LogP) is 7.95. The third-order valence-corrected chi connectivity index (χ3v) is 9.91. The van der Waals surface area contributed by atoms with Gasteiger partial charge in [-0.3, -0.25) is 4.79 Å². The summed E-state index contributed by atoms with van der Waals surface area (Å²) in [7, 11) is 0. The highest BCUT2D eigenvalue weighted by atomic mass is 35.5. The van der Waals surface area contributed by atoms with Gasteiger partial charge in [-0.2, -0.15) is 11.8 Å². The van der Waals surface area contributed by atoms with E-state index in [0.717, 1.165) is 34.5 Å². The van der Waals surface area contributed by atoms with Crippen LogP contribution in [0.2, 0.25) is 10.0 Å². The van der Waals surface area contributed by atoms with Crippen molar-refractivity contribution < 1.29 is 4.79 Å². The van der Waals surface area contributed by atoms with Crippen molar-refractivity contribution in [3.05, 3.63) is 99.0 Å². The van der Waals surface area contributed by atoms with Crippen LogP contribution in [0.3, 0.4) is 0 Å². The van der Waals surface area contributed by atoms with E-state index in [9.17, 15) is 4.79 Å². The number of anilines is 1. The van der Waals surface area contributed by atoms with Crippen molar-refractivity contribution in [1.82, 2.24) is 5.32 Å². The first-order chi connectivity index (χ1) is 17.6. The molecule has 1 aliphatic heterocycles. The van der Waals surface area contributed by atoms with Gasteiger partial charge in [-0.15, -0.1) is 0 Å². The lowest BCUT2D eigenvalue weighted by atomic mass is 9.68. The highest BCUT2D eigenvalue weighted by Crippen LogP contribution is 2.63. The predicted molar refractivity (Wildman–Crippen MR) is 151 cm³/mol. The Morgan fingerprint density at radius 3 is 2.67 bits per heavy atom. The van der Waals surface area contributed by atoms with Crippen molar-refractivity contribution >= 4 is 46.6 Å². The standard InChI is InChI=1S/C30H30Cl2N2OS/c31-23-10-8-22(25(32)16-23)17-36-13-12-33-30(35)21-9-11-26-24(15-21)27-19-6-7-20(14-19)28(27)29(34-26)18-4-2-1-3-5-18/h1-5,8-11,15-16,19-20,27-29,34H,6-7,12-14,17H2,(H,33,35). The van der Waals surface area contributed by atoms with Crippen molar-refractivity contribution in [3.8, 4) is 0 Å². The fraction of sp³-hybridized carbons (Fsp3) is 0.367. The third-order valence-electron chi connectivity index (χ3n) is 8.31. The minimum Gasteiger partial charge on any atom is -0.378 e. The molecule has 3 nitrogen and oxygen atoms in total. The largest absolute Gasteiger partial charge is 0.378 e. The fourth-order valence-corrected chi connectivity index (χ4v) is 8.19. The lowest BCUT2D eigenvalue weighted by Crippen LogP contribution is -2.35. The molecule has 186 valence electrons. The van der Waals surface area contributed by atoms with Crippen molar-refractivity contribution in [2.24, 2.45) is 17.8 Å². The van der Waals surface area contributed by atoms with Crippen LogP contribution in [0.4, 0.5) is 5.69 Å². The second-order valence-electron chi connectivity index (χ2n) is 10.3. The highest BCUT2D eigenvalue weighted by Gasteiger charge is 2.53. The minimum atomic E-state index is 0.00724. The number of rotatable bonds is 7. The zero-order valence-corrected chi connectivity index (χ0v) is 22.4. The SMILES string of the molecule is O=C(NCCSCc1ccc(Cl)cc1Cl)c1ccc2c(c1)C1C3CCC(C3)C1C(c1ccccc1)N2. The van der Waals surface area contributed by atoms with Crippen molar-refractivity contribution in [2.75, 3.05) is 17.6 Å². The summed E-state index contributed by atoms with van der Waals surface area (Å²) in [5, 5.41) is 8.31. The smallest absolute Gasteiger partial charge is 0.251 e. The maximum absolute atomic E-state index is 13.0. The van der Waals surface area contributed by atoms with E-state index in [1.807, 2.05) is 18.2 Å². The number of benzene rings is 3. The van der Waals surface area contributed by atoms with Crippen LogP contribution < -0.4 is 10.6 Å². The summed E-state index contributed by atoms with van der Waals surface area (Å²) in [6, 6.07) is 23.1. The topological polar surface area (TPSA) is 41.1 Å². The van der Waals surface area contributed by atoms with Gasteiger partial charge < -0.3 is 10.6 Å². The van der Waals surface area contributed by atoms with E-state index < -0.39 is 0 Å². The normalized spacial score (nSPS) is 25.7. The highest BCUT2D eigenvalue weighted by molar-refractivity contribution is 7.98. The Kier molecular flexibility index (Phi) is 6.94. The maximum atomic E-state index is 13.0. The molecule has 6 rings (SSSR count). The molecule has 0 aromatic heterocycles. The van der Waals surface area contributed by atoms with Crippen LogP contribution in [-0.2, 0) is 5.75 Å². The summed E-state index contributed by atoms with van der Waals surface area (Å²) in [5.41, 5.74) is 5.75. The number of hydrogen-bond acceptors (Lipinski definition) is 3. The Hall–Kier alpha value is -2.14. The molecule has 5 atom stereocenters. The minimum absolute atomic E-state index is 0.00724. The van der Waals surface area contributed by atoms with E-state index in [1.165, 1.54) is 36.1 Å². The number of carbonyl (C=O) groups excluding carboxylic acids is 1. The van der Waals surface area contributed by atoms with Crippen LogP contribution >= 0.6 is 35.0 Å². The molecule has 3 aromatic rings. The van der Waals surface area contributed by atoms with Gasteiger partial charge in [0.2, 0.25) is 0 Å². The van der Waals surface area contributed by atoms with Gasteiger partial charge in [0.15, 0.2) is 0 Å². The van der Waals surface area contributed by atoms with Crippen LogP contribution in [0, 0.1) is 17.8 Å². The maximum Gasteiger partial charge on any atom is 0.251 e. The van der Waals surface area contributed by atoms with Gasteiger partial charge in [0, 0.05) is 39.3 Å². The summed E-state index contributed by atoms with van der Waals surface area (Å²) in [5.74, 6) is 4.28. The molecule has 2 aliphatic carbocycles. The Balaban J connectivity index is 1.12. The van der Waals surface area contributed by atoms with Crippen LogP contribution in [0.1, 0.15) is 58.3 Å². The van der Waals surface area contributed by atoms with Gasteiger partial charge in [-0.1, -0.05) is 59.6 Å². The van der Waals surface area contributed by atoms with Gasteiger partial charge in [-0.05, 0) is 90.0 Å². The Morgan fingerprint density at radius 1 is 1.00 bits per heavy atom. The van der Waals surface area contributed by atoms with E-state index >= 15 is 0 Å². The Labute approximate surface area is 227 Å². The molecule has 2 bridgehead atoms. The number of amides is 1. The van der Waals surface area contributed by atoms with Gasteiger partial charge in [-0.25, -0.2) is 0 Å². The van der Waals surface area contributed by atoms with Gasteiger partial charge in [0.1, 0.15) is 0 Å². The number of carbonyl (C=O) groups is 1. The van der Waals surface area contributed by atoms with E-state index in [0.29, 0.717) is 34.5 Å². The summed E-state index contributed by atoms with van der Waals surface area (Å²) in [4.78, 5) is 13.0. The first-order valence-corrected chi connectivity index (χ1v) is 14.7. The molecule has 2 saturated carbocycles. The van der Waals surface area contributed by atoms with Crippen LogP contribution in [0.15, 0.2) is 66.7 Å². The van der Waals surface area contributed by atoms with Crippen LogP contribution in [0.25, 0.3) is 0 Å². The van der Waals surface area contributed by atoms with Crippen LogP contribution in [0.5, 0.6) is 0 Å². The molecule has 3 aliphatic rings. The number of fused-ring (bicyclic) bond motifs is 7. The zero-order valence-electron chi connectivity index (χ0n) is 20.1. The van der Waals surface area contributed by atoms with Crippen molar-refractivity contribution in [1.29, 1.82) is 0 Å². The fourth-order valence-electron chi connectivity index (χ4n) is 6.78. The van der Waals surface area contributed by atoms with E-state index in [1.54, 1.807) is 17.8 Å². The first-order valence-electron chi connectivity index (χ1n) is 12.8. The molecule has 36 heavy (non-hydrogen) atoms. The van der Waals surface area contributed by atoms with E-state index in [2.05, 4.69) is 53.1 Å². The third kappa shape index (κ3) is 4.64. The molecule has 0 radical (unpaired) electrons. The first kappa shape index (κ1) is 24.2. The van der Waals surface area contributed by atoms with Crippen molar-refractivity contribution in [2.45, 2.75) is 37.0 Å². The molecule has 2 N–H and O–H groups in total. The summed E-state index contributed by atoms with van der Waals surface area (Å²) in [6.45, 7) is 0.622. The number of hydrogen-bond donors (Lipinski definition) is 2. The summed E-state index contributed by atoms with van der Waals surface area (Å²) in [6.07, 6.45) is 3.98. The molecular weight excluding hydrogens is 507 g/mol. The molecule has 1 amide bonds.